The first-order valence-corrected chi connectivity index (χ1v) is 6.09. The van der Waals surface area contributed by atoms with Crippen molar-refractivity contribution in [2.75, 3.05) is 18.5 Å². The van der Waals surface area contributed by atoms with Gasteiger partial charge in [-0.25, -0.2) is 0 Å². The van der Waals surface area contributed by atoms with Crippen LogP contribution in [0.3, 0.4) is 0 Å². The van der Waals surface area contributed by atoms with E-state index in [0.717, 1.165) is 0 Å². The summed E-state index contributed by atoms with van der Waals surface area (Å²) in [7, 11) is 2.17. The Kier molecular flexibility index (Phi) is 2.56. The second kappa shape index (κ2) is 4.21. The van der Waals surface area contributed by atoms with E-state index in [-0.39, 0.29) is 0 Å². The van der Waals surface area contributed by atoms with E-state index in [0.29, 0.717) is 0 Å². The van der Waals surface area contributed by atoms with Crippen LogP contribution < -0.4 is 4.90 Å². The minimum Gasteiger partial charge on any atom is -0.374 e. The lowest BCUT2D eigenvalue weighted by Crippen LogP contribution is -2.24. The maximum absolute atomic E-state index is 4.18. The first-order valence-electron chi connectivity index (χ1n) is 6.09. The molecule has 2 heteroatoms. The summed E-state index contributed by atoms with van der Waals surface area (Å²) >= 11 is 0. The van der Waals surface area contributed by atoms with Crippen molar-refractivity contribution in [1.82, 2.24) is 4.98 Å². The second-order valence-electron chi connectivity index (χ2n) is 4.61. The van der Waals surface area contributed by atoms with Crippen molar-refractivity contribution in [3.8, 4) is 11.1 Å². The van der Waals surface area contributed by atoms with E-state index in [4.69, 9.17) is 0 Å². The van der Waals surface area contributed by atoms with Crippen LogP contribution >= 0.6 is 0 Å². The average Bonchev–Trinajstić information content (AvgIpc) is 2.40. The molecule has 2 nitrogen and oxygen atoms in total. The molecule has 0 bridgehead atoms. The quantitative estimate of drug-likeness (QED) is 0.739. The van der Waals surface area contributed by atoms with Gasteiger partial charge in [-0.1, -0.05) is 12.1 Å². The molecule has 17 heavy (non-hydrogen) atoms. The maximum atomic E-state index is 4.18. The summed E-state index contributed by atoms with van der Waals surface area (Å²) in [5.74, 6) is 0. The number of fused-ring (bicyclic) bond motifs is 1. The Morgan fingerprint density at radius 3 is 2.94 bits per heavy atom. The summed E-state index contributed by atoms with van der Waals surface area (Å²) in [5.41, 5.74) is 5.31. The molecular formula is C15H16N2. The highest BCUT2D eigenvalue weighted by Crippen LogP contribution is 2.30. The number of hydrogen-bond acceptors (Lipinski definition) is 2. The highest BCUT2D eigenvalue weighted by molar-refractivity contribution is 5.69. The summed E-state index contributed by atoms with van der Waals surface area (Å²) in [6.07, 6.45) is 6.18. The fourth-order valence-corrected chi connectivity index (χ4v) is 2.50. The van der Waals surface area contributed by atoms with Crippen LogP contribution in [0.5, 0.6) is 0 Å². The van der Waals surface area contributed by atoms with Gasteiger partial charge in [0, 0.05) is 31.7 Å². The monoisotopic (exact) mass is 224 g/mol. The van der Waals surface area contributed by atoms with Gasteiger partial charge in [0.05, 0.1) is 0 Å². The van der Waals surface area contributed by atoms with Crippen molar-refractivity contribution in [3.63, 3.8) is 0 Å². The van der Waals surface area contributed by atoms with E-state index in [1.54, 1.807) is 0 Å². The number of aryl methyl sites for hydroxylation is 1. The predicted molar refractivity (Wildman–Crippen MR) is 71.3 cm³/mol. The first-order chi connectivity index (χ1) is 8.34. The molecule has 0 fully saturated rings. The molecule has 1 aromatic carbocycles. The van der Waals surface area contributed by atoms with Crippen LogP contribution in [-0.2, 0) is 6.42 Å². The molecule has 0 saturated carbocycles. The van der Waals surface area contributed by atoms with Crippen molar-refractivity contribution in [2.24, 2.45) is 0 Å². The lowest BCUT2D eigenvalue weighted by molar-refractivity contribution is 0.745. The standard InChI is InChI=1S/C15H16N2/c1-17-9-3-5-13-10-12(6-7-15(13)17)14-4-2-8-16-11-14/h2,4,6-8,10-11H,3,5,9H2,1H3. The first kappa shape index (κ1) is 10.3. The van der Waals surface area contributed by atoms with Crippen LogP contribution in [0.25, 0.3) is 11.1 Å². The van der Waals surface area contributed by atoms with E-state index < -0.39 is 0 Å². The Hall–Kier alpha value is -1.83. The molecule has 0 spiro atoms. The number of hydrogen-bond donors (Lipinski definition) is 0. The summed E-state index contributed by atoms with van der Waals surface area (Å²) in [6.45, 7) is 1.17. The number of pyridine rings is 1. The Morgan fingerprint density at radius 2 is 2.12 bits per heavy atom. The molecule has 2 aromatic rings. The molecule has 86 valence electrons. The fraction of sp³-hybridized carbons (Fsp3) is 0.267. The zero-order valence-electron chi connectivity index (χ0n) is 10.1. The number of aromatic nitrogens is 1. The van der Waals surface area contributed by atoms with E-state index in [1.807, 2.05) is 18.5 Å². The van der Waals surface area contributed by atoms with Gasteiger partial charge >= 0.3 is 0 Å². The molecule has 0 aliphatic carbocycles. The van der Waals surface area contributed by atoms with Gasteiger partial charge in [-0.3, -0.25) is 4.98 Å². The van der Waals surface area contributed by atoms with Gasteiger partial charge in [0.2, 0.25) is 0 Å². The van der Waals surface area contributed by atoms with Crippen LogP contribution in [0.2, 0.25) is 0 Å². The maximum Gasteiger partial charge on any atom is 0.0396 e. The average molecular weight is 224 g/mol. The Bertz CT molecular complexity index is 520. The zero-order valence-corrected chi connectivity index (χ0v) is 10.1. The second-order valence-corrected chi connectivity index (χ2v) is 4.61. The van der Waals surface area contributed by atoms with Crippen molar-refractivity contribution >= 4 is 5.69 Å². The Labute approximate surface area is 102 Å². The van der Waals surface area contributed by atoms with Crippen molar-refractivity contribution in [3.05, 3.63) is 48.3 Å². The molecule has 0 radical (unpaired) electrons. The zero-order chi connectivity index (χ0) is 11.7. The van der Waals surface area contributed by atoms with Crippen LogP contribution in [0, 0.1) is 0 Å². The molecular weight excluding hydrogens is 208 g/mol. The predicted octanol–water partition coefficient (Wildman–Crippen LogP) is 3.13. The molecule has 0 saturated heterocycles. The minimum atomic E-state index is 1.17. The molecule has 1 aromatic heterocycles. The van der Waals surface area contributed by atoms with Crippen molar-refractivity contribution < 1.29 is 0 Å². The van der Waals surface area contributed by atoms with Crippen LogP contribution in [0.4, 0.5) is 5.69 Å². The molecule has 3 rings (SSSR count). The van der Waals surface area contributed by atoms with Gasteiger partial charge in [0.25, 0.3) is 0 Å². The Morgan fingerprint density at radius 1 is 1.18 bits per heavy atom. The summed E-state index contributed by atoms with van der Waals surface area (Å²) < 4.78 is 0. The van der Waals surface area contributed by atoms with Gasteiger partial charge in [0.1, 0.15) is 0 Å². The lowest BCUT2D eigenvalue weighted by Gasteiger charge is -2.27. The summed E-state index contributed by atoms with van der Waals surface area (Å²) in [6, 6.07) is 10.8. The van der Waals surface area contributed by atoms with E-state index in [1.165, 1.54) is 41.8 Å². The third-order valence-electron chi connectivity index (χ3n) is 3.43. The summed E-state index contributed by atoms with van der Waals surface area (Å²) in [5, 5.41) is 0. The van der Waals surface area contributed by atoms with Crippen molar-refractivity contribution in [1.29, 1.82) is 0 Å². The fourth-order valence-electron chi connectivity index (χ4n) is 2.50. The SMILES string of the molecule is CN1CCCc2cc(-c3cccnc3)ccc21. The van der Waals surface area contributed by atoms with Crippen LogP contribution in [0.1, 0.15) is 12.0 Å². The number of benzene rings is 1. The van der Waals surface area contributed by atoms with Crippen LogP contribution in [0.15, 0.2) is 42.7 Å². The third kappa shape index (κ3) is 1.91. The highest BCUT2D eigenvalue weighted by atomic mass is 15.1. The molecule has 0 amide bonds. The van der Waals surface area contributed by atoms with Gasteiger partial charge in [0.15, 0.2) is 0 Å². The topological polar surface area (TPSA) is 16.1 Å². The van der Waals surface area contributed by atoms with E-state index in [2.05, 4.69) is 41.2 Å². The van der Waals surface area contributed by atoms with Gasteiger partial charge in [-0.2, -0.15) is 0 Å². The number of anilines is 1. The molecule has 1 aliphatic heterocycles. The third-order valence-corrected chi connectivity index (χ3v) is 3.43. The highest BCUT2D eigenvalue weighted by Gasteiger charge is 2.13. The molecule has 0 N–H and O–H groups in total. The number of nitrogens with zero attached hydrogens (tertiary/aromatic N) is 2. The Balaban J connectivity index is 2.04. The normalized spacial score (nSPS) is 14.5. The van der Waals surface area contributed by atoms with E-state index in [9.17, 15) is 0 Å². The van der Waals surface area contributed by atoms with Gasteiger partial charge < -0.3 is 4.90 Å². The van der Waals surface area contributed by atoms with Gasteiger partial charge in [-0.15, -0.1) is 0 Å². The largest absolute Gasteiger partial charge is 0.374 e. The lowest BCUT2D eigenvalue weighted by atomic mass is 9.97. The molecule has 1 aliphatic rings. The molecule has 0 unspecified atom stereocenters. The summed E-state index contributed by atoms with van der Waals surface area (Å²) in [4.78, 5) is 6.52. The van der Waals surface area contributed by atoms with Gasteiger partial charge in [-0.05, 0) is 47.7 Å². The molecule has 0 atom stereocenters. The minimum absolute atomic E-state index is 1.17. The molecule has 2 heterocycles. The van der Waals surface area contributed by atoms with Crippen molar-refractivity contribution in [2.45, 2.75) is 12.8 Å². The van der Waals surface area contributed by atoms with E-state index >= 15 is 0 Å². The number of rotatable bonds is 1. The smallest absolute Gasteiger partial charge is 0.0396 e. The van der Waals surface area contributed by atoms with Crippen LogP contribution in [-0.4, -0.2) is 18.6 Å².